The SMILES string of the molecule is CN(C)c1ccc2c(c1)OC1=CC(N(C)C)C=CC1C2c1ccc(C(=O)NCCNCCCC(=O)NCc2cccc3c2CN(C(=O)C[C@@H]2C[C@@H](C(=O)N4CC(F)(F)C[C@H]4C#N)NC2=O)C3)cc1C(=O)O. The van der Waals surface area contributed by atoms with Gasteiger partial charge in [0.1, 0.15) is 23.6 Å². The van der Waals surface area contributed by atoms with Gasteiger partial charge >= 0.3 is 5.97 Å². The molecule has 2 fully saturated rings. The van der Waals surface area contributed by atoms with Crippen LogP contribution in [-0.4, -0.2) is 134 Å². The van der Waals surface area contributed by atoms with Gasteiger partial charge in [-0.05, 0) is 80.0 Å². The number of nitrogens with one attached hydrogen (secondary N) is 4. The van der Waals surface area contributed by atoms with E-state index >= 15 is 0 Å². The number of rotatable bonds is 17. The van der Waals surface area contributed by atoms with E-state index in [0.717, 1.165) is 38.6 Å². The van der Waals surface area contributed by atoms with Crippen LogP contribution in [0.15, 0.2) is 78.6 Å². The lowest BCUT2D eigenvalue weighted by Crippen LogP contribution is -2.46. The Morgan fingerprint density at radius 2 is 1.76 bits per heavy atom. The molecule has 0 aromatic heterocycles. The van der Waals surface area contributed by atoms with Crippen LogP contribution in [0.1, 0.15) is 86.6 Å². The summed E-state index contributed by atoms with van der Waals surface area (Å²) in [6, 6.07) is 15.7. The predicted molar refractivity (Wildman–Crippen MR) is 257 cm³/mol. The first-order chi connectivity index (χ1) is 33.9. The fourth-order valence-electron chi connectivity index (χ4n) is 10.1. The molecule has 0 spiro atoms. The molecule has 3 aromatic rings. The van der Waals surface area contributed by atoms with Gasteiger partial charge in [0.2, 0.25) is 23.6 Å². The van der Waals surface area contributed by atoms with Crippen LogP contribution in [0, 0.1) is 23.2 Å². The lowest BCUT2D eigenvalue weighted by Gasteiger charge is -2.38. The van der Waals surface area contributed by atoms with Crippen LogP contribution < -0.4 is 30.9 Å². The number of hydrogen-bond acceptors (Lipinski definition) is 11. The summed E-state index contributed by atoms with van der Waals surface area (Å²) in [4.78, 5) is 84.6. The highest BCUT2D eigenvalue weighted by atomic mass is 19.3. The Labute approximate surface area is 410 Å². The fraction of sp³-hybridized carbons (Fsp3) is 0.442. The number of halogens is 2. The number of likely N-dealkylation sites (N-methyl/N-ethyl adjacent to an activating group) is 1. The summed E-state index contributed by atoms with van der Waals surface area (Å²) in [6.07, 6.45) is 6.02. The molecule has 0 bridgehead atoms. The van der Waals surface area contributed by atoms with Gasteiger partial charge < -0.3 is 45.8 Å². The fourth-order valence-corrected chi connectivity index (χ4v) is 10.1. The Morgan fingerprint density at radius 3 is 2.51 bits per heavy atom. The summed E-state index contributed by atoms with van der Waals surface area (Å²) in [5.74, 6) is -6.52. The van der Waals surface area contributed by atoms with Gasteiger partial charge in [0.25, 0.3) is 11.8 Å². The van der Waals surface area contributed by atoms with Crippen LogP contribution >= 0.6 is 0 Å². The molecule has 4 heterocycles. The third kappa shape index (κ3) is 11.1. The van der Waals surface area contributed by atoms with Crippen LogP contribution in [-0.2, 0) is 38.8 Å². The van der Waals surface area contributed by atoms with Crippen LogP contribution in [0.2, 0.25) is 0 Å². The van der Waals surface area contributed by atoms with E-state index in [0.29, 0.717) is 37.4 Å². The molecule has 5 aliphatic rings. The third-order valence-corrected chi connectivity index (χ3v) is 14.0. The molecule has 5 amide bonds. The van der Waals surface area contributed by atoms with Crippen LogP contribution in [0.5, 0.6) is 5.75 Å². The lowest BCUT2D eigenvalue weighted by atomic mass is 9.74. The molecule has 0 saturated carbocycles. The van der Waals surface area contributed by atoms with E-state index in [1.54, 1.807) is 23.1 Å². The Hall–Kier alpha value is -7.17. The molecular formula is C52H59F2N9O8. The molecule has 6 atom stereocenters. The molecule has 4 aliphatic heterocycles. The van der Waals surface area contributed by atoms with Crippen molar-refractivity contribution in [3.8, 4) is 11.8 Å². The van der Waals surface area contributed by atoms with Crippen LogP contribution in [0.3, 0.4) is 0 Å². The Kier molecular flexibility index (Phi) is 14.9. The molecule has 2 saturated heterocycles. The lowest BCUT2D eigenvalue weighted by molar-refractivity contribution is -0.135. The van der Waals surface area contributed by atoms with Gasteiger partial charge in [-0.25, -0.2) is 13.6 Å². The molecule has 8 rings (SSSR count). The smallest absolute Gasteiger partial charge is 0.336 e. The van der Waals surface area contributed by atoms with Gasteiger partial charge in [0, 0.05) is 113 Å². The highest BCUT2D eigenvalue weighted by Gasteiger charge is 2.50. The van der Waals surface area contributed by atoms with Gasteiger partial charge in [-0.1, -0.05) is 42.5 Å². The van der Waals surface area contributed by atoms with Crippen molar-refractivity contribution >= 4 is 41.2 Å². The quantitative estimate of drug-likeness (QED) is 0.0963. The second-order valence-corrected chi connectivity index (χ2v) is 19.3. The number of carbonyl (C=O) groups is 6. The van der Waals surface area contributed by atoms with Crippen molar-refractivity contribution in [3.05, 3.63) is 118 Å². The van der Waals surface area contributed by atoms with Crippen LogP contribution in [0.25, 0.3) is 0 Å². The third-order valence-electron chi connectivity index (χ3n) is 14.0. The maximum absolute atomic E-state index is 14.0. The second-order valence-electron chi connectivity index (χ2n) is 19.3. The number of nitrogens with zero attached hydrogens (tertiary/aromatic N) is 5. The number of carbonyl (C=O) groups excluding carboxylic acids is 5. The molecule has 374 valence electrons. The first kappa shape index (κ1) is 50.2. The van der Waals surface area contributed by atoms with Crippen molar-refractivity contribution in [2.75, 3.05) is 59.3 Å². The number of carboxylic acid groups (broad SMARTS) is 1. The number of nitriles is 1. The van der Waals surface area contributed by atoms with Crippen molar-refractivity contribution < 1.29 is 47.4 Å². The minimum atomic E-state index is -3.19. The summed E-state index contributed by atoms with van der Waals surface area (Å²) >= 11 is 0. The summed E-state index contributed by atoms with van der Waals surface area (Å²) in [7, 11) is 7.85. The number of amides is 5. The molecule has 0 radical (unpaired) electrons. The number of ether oxygens (including phenoxy) is 1. The molecule has 17 nitrogen and oxygen atoms in total. The summed E-state index contributed by atoms with van der Waals surface area (Å²) in [6.45, 7) is 1.12. The first-order valence-electron chi connectivity index (χ1n) is 23.9. The number of carboxylic acids is 1. The maximum atomic E-state index is 14.0. The van der Waals surface area contributed by atoms with Crippen molar-refractivity contribution in [2.45, 2.75) is 81.7 Å². The summed E-state index contributed by atoms with van der Waals surface area (Å²) in [5.41, 5.74) is 5.30. The van der Waals surface area contributed by atoms with E-state index in [1.807, 2.05) is 69.5 Å². The zero-order valence-corrected chi connectivity index (χ0v) is 40.2. The topological polar surface area (TPSA) is 217 Å². The number of benzene rings is 3. The van der Waals surface area contributed by atoms with Gasteiger partial charge in [0.15, 0.2) is 0 Å². The maximum Gasteiger partial charge on any atom is 0.336 e. The summed E-state index contributed by atoms with van der Waals surface area (Å²) < 4.78 is 34.4. The zero-order chi connectivity index (χ0) is 50.7. The highest BCUT2D eigenvalue weighted by molar-refractivity contribution is 5.98. The van der Waals surface area contributed by atoms with E-state index in [9.17, 15) is 47.9 Å². The molecule has 5 N–H and O–H groups in total. The Balaban J connectivity index is 0.770. The van der Waals surface area contributed by atoms with Crippen molar-refractivity contribution in [1.82, 2.24) is 36.0 Å². The number of fused-ring (bicyclic) bond motifs is 3. The number of aromatic carboxylic acids is 1. The largest absolute Gasteiger partial charge is 0.478 e. The number of alkyl halides is 2. The van der Waals surface area contributed by atoms with E-state index in [2.05, 4.69) is 44.4 Å². The number of hydrogen-bond donors (Lipinski definition) is 5. The minimum Gasteiger partial charge on any atom is -0.478 e. The normalized spacial score (nSPS) is 22.6. The van der Waals surface area contributed by atoms with Crippen molar-refractivity contribution in [3.63, 3.8) is 0 Å². The number of anilines is 1. The van der Waals surface area contributed by atoms with Gasteiger partial charge in [-0.15, -0.1) is 0 Å². The first-order valence-corrected chi connectivity index (χ1v) is 23.9. The van der Waals surface area contributed by atoms with Crippen molar-refractivity contribution in [1.29, 1.82) is 5.26 Å². The van der Waals surface area contributed by atoms with Crippen LogP contribution in [0.4, 0.5) is 14.5 Å². The Bertz CT molecular complexity index is 2720. The van der Waals surface area contributed by atoms with Gasteiger partial charge in [0.05, 0.1) is 18.2 Å². The van der Waals surface area contributed by atoms with Gasteiger partial charge in [-0.3, -0.25) is 28.9 Å². The molecule has 3 unspecified atom stereocenters. The average Bonchev–Trinajstić information content (AvgIpc) is 4.05. The van der Waals surface area contributed by atoms with E-state index < -0.39 is 60.6 Å². The molecule has 71 heavy (non-hydrogen) atoms. The second kappa shape index (κ2) is 21.0. The molecule has 3 aromatic carbocycles. The zero-order valence-electron chi connectivity index (χ0n) is 40.2. The number of allylic oxidation sites excluding steroid dienone is 1. The summed E-state index contributed by atoms with van der Waals surface area (Å²) in [5, 5.41) is 31.3. The van der Waals surface area contributed by atoms with Gasteiger partial charge in [-0.2, -0.15) is 5.26 Å². The van der Waals surface area contributed by atoms with E-state index in [-0.39, 0.29) is 79.7 Å². The monoisotopic (exact) mass is 975 g/mol. The standard InChI is InChI=1S/C52H59F2N9O8/c1-60(2)34-11-14-38-43(22-34)71-44-23-35(61(3)4)12-15-39(44)47(38)37-13-10-30(19-40(37)51(69)70)48(66)57-18-17-56-16-6-9-45(64)58-26-31-7-5-8-32-27-62(28-41(31)32)46(65)21-33-20-42(59-49(33)67)50(68)63-29-52(53,54)24-36(63)25-55/h5,7-8,10-15,19,22-23,33-34,36,38,42,47,56H,6,9,16-18,20-21,24,26-29H2,1-4H3,(H,57,66)(H,58,64)(H,59,67)(H,69,70)/t33-,34?,36-,38?,42-,47?/m0/s1. The van der Waals surface area contributed by atoms with E-state index in [1.165, 1.54) is 6.07 Å². The highest BCUT2D eigenvalue weighted by Crippen LogP contribution is 2.49. The molecule has 19 heteroatoms. The Morgan fingerprint density at radius 1 is 0.972 bits per heavy atom. The number of likely N-dealkylation sites (tertiary alicyclic amines) is 1. The predicted octanol–water partition coefficient (Wildman–Crippen LogP) is 3.89. The molecular weight excluding hydrogens is 917 g/mol. The van der Waals surface area contributed by atoms with Crippen molar-refractivity contribution in [2.24, 2.45) is 11.8 Å². The molecule has 1 aliphatic carbocycles. The minimum absolute atomic E-state index is 0.0128. The average molecular weight is 976 g/mol. The van der Waals surface area contributed by atoms with E-state index in [4.69, 9.17) is 4.74 Å².